The Morgan fingerprint density at radius 1 is 1.47 bits per heavy atom. The average molecular weight is 235 g/mol. The molecule has 0 N–H and O–H groups in total. The van der Waals surface area contributed by atoms with Crippen LogP contribution >= 0.6 is 0 Å². The summed E-state index contributed by atoms with van der Waals surface area (Å²) in [6.45, 7) is 2.05. The highest BCUT2D eigenvalue weighted by atomic mass is 19.1. The lowest BCUT2D eigenvalue weighted by Crippen LogP contribution is -2.02. The van der Waals surface area contributed by atoms with Crippen molar-refractivity contribution >= 4 is 5.82 Å². The van der Waals surface area contributed by atoms with Crippen molar-refractivity contribution in [3.8, 4) is 0 Å². The monoisotopic (exact) mass is 235 g/mol. The zero-order chi connectivity index (χ0) is 12.4. The molecule has 0 aliphatic heterocycles. The van der Waals surface area contributed by atoms with Gasteiger partial charge in [0.25, 0.3) is 0 Å². The first-order valence-corrected chi connectivity index (χ1v) is 4.99. The highest BCUT2D eigenvalue weighted by molar-refractivity contribution is 5.24. The van der Waals surface area contributed by atoms with E-state index in [1.54, 1.807) is 19.1 Å². The molecule has 17 heavy (non-hydrogen) atoms. The van der Waals surface area contributed by atoms with Gasteiger partial charge in [-0.1, -0.05) is 12.1 Å². The molecule has 0 bridgehead atoms. The number of rotatable bonds is 3. The Morgan fingerprint density at radius 3 is 2.82 bits per heavy atom. The Bertz CT molecular complexity index is 566. The van der Waals surface area contributed by atoms with Gasteiger partial charge in [0.2, 0.25) is 0 Å². The molecule has 1 aromatic carbocycles. The molecular formula is C11H10FN3O2. The van der Waals surface area contributed by atoms with Crippen LogP contribution < -0.4 is 0 Å². The van der Waals surface area contributed by atoms with Gasteiger partial charge in [-0.25, -0.2) is 4.39 Å². The normalized spacial score (nSPS) is 10.5. The number of aryl methyl sites for hydroxylation is 1. The largest absolute Gasteiger partial charge is 0.389 e. The van der Waals surface area contributed by atoms with Crippen LogP contribution in [0.15, 0.2) is 30.5 Å². The molecule has 0 amide bonds. The summed E-state index contributed by atoms with van der Waals surface area (Å²) in [7, 11) is 0. The van der Waals surface area contributed by atoms with E-state index < -0.39 is 4.92 Å². The Balaban J connectivity index is 2.19. The van der Waals surface area contributed by atoms with E-state index in [-0.39, 0.29) is 11.6 Å². The van der Waals surface area contributed by atoms with Gasteiger partial charge >= 0.3 is 5.82 Å². The lowest BCUT2D eigenvalue weighted by atomic mass is 10.1. The number of halogens is 1. The molecule has 0 aliphatic carbocycles. The average Bonchev–Trinajstić information content (AvgIpc) is 2.72. The van der Waals surface area contributed by atoms with Crippen LogP contribution in [0, 0.1) is 22.9 Å². The summed E-state index contributed by atoms with van der Waals surface area (Å²) >= 11 is 0. The van der Waals surface area contributed by atoms with Crippen molar-refractivity contribution in [2.75, 3.05) is 0 Å². The van der Waals surface area contributed by atoms with Crippen LogP contribution in [-0.2, 0) is 6.54 Å². The van der Waals surface area contributed by atoms with Crippen LogP contribution in [0.25, 0.3) is 0 Å². The first-order chi connectivity index (χ1) is 8.06. The molecule has 0 spiro atoms. The van der Waals surface area contributed by atoms with Crippen molar-refractivity contribution in [2.24, 2.45) is 0 Å². The van der Waals surface area contributed by atoms with Crippen molar-refractivity contribution in [3.63, 3.8) is 0 Å². The summed E-state index contributed by atoms with van der Waals surface area (Å²) in [6, 6.07) is 6.04. The second-order valence-corrected chi connectivity index (χ2v) is 3.71. The fourth-order valence-electron chi connectivity index (χ4n) is 1.53. The summed E-state index contributed by atoms with van der Waals surface area (Å²) in [5.41, 5.74) is 1.39. The predicted molar refractivity (Wildman–Crippen MR) is 59.1 cm³/mol. The molecule has 0 aliphatic rings. The molecule has 0 fully saturated rings. The fourth-order valence-corrected chi connectivity index (χ4v) is 1.53. The Hall–Kier alpha value is -2.24. The van der Waals surface area contributed by atoms with Gasteiger partial charge in [-0.3, -0.25) is 0 Å². The van der Waals surface area contributed by atoms with Crippen LogP contribution in [0.2, 0.25) is 0 Å². The third kappa shape index (κ3) is 2.47. The quantitative estimate of drug-likeness (QED) is 0.605. The fraction of sp³-hybridized carbons (Fsp3) is 0.182. The molecule has 88 valence electrons. The predicted octanol–water partition coefficient (Wildman–Crippen LogP) is 2.29. The van der Waals surface area contributed by atoms with Gasteiger partial charge in [-0.2, -0.15) is 4.68 Å². The second kappa shape index (κ2) is 4.32. The van der Waals surface area contributed by atoms with Gasteiger partial charge < -0.3 is 10.1 Å². The summed E-state index contributed by atoms with van der Waals surface area (Å²) in [4.78, 5) is 9.90. The first kappa shape index (κ1) is 11.3. The van der Waals surface area contributed by atoms with Gasteiger partial charge in [-0.15, -0.1) is 0 Å². The van der Waals surface area contributed by atoms with Crippen molar-refractivity contribution in [2.45, 2.75) is 13.5 Å². The number of benzene rings is 1. The summed E-state index contributed by atoms with van der Waals surface area (Å²) in [5, 5.41) is 14.2. The van der Waals surface area contributed by atoms with Gasteiger partial charge in [0.1, 0.15) is 5.82 Å². The van der Waals surface area contributed by atoms with E-state index in [2.05, 4.69) is 5.10 Å². The van der Waals surface area contributed by atoms with E-state index in [0.29, 0.717) is 12.1 Å². The van der Waals surface area contributed by atoms with Gasteiger partial charge in [0, 0.05) is 0 Å². The standard InChI is InChI=1S/C11H10FN3O2/c1-8-6-9(2-3-10(8)12)7-14-5-4-11(13-14)15(16)17/h2-6H,7H2,1H3. The van der Waals surface area contributed by atoms with E-state index in [9.17, 15) is 14.5 Å². The van der Waals surface area contributed by atoms with E-state index in [4.69, 9.17) is 0 Å². The third-order valence-corrected chi connectivity index (χ3v) is 2.38. The molecule has 1 heterocycles. The Morgan fingerprint density at radius 2 is 2.24 bits per heavy atom. The molecule has 0 saturated heterocycles. The molecule has 0 radical (unpaired) electrons. The maximum atomic E-state index is 13.0. The molecular weight excluding hydrogens is 225 g/mol. The molecule has 5 nitrogen and oxygen atoms in total. The SMILES string of the molecule is Cc1cc(Cn2ccc([N+](=O)[O-])n2)ccc1F. The molecule has 1 aromatic heterocycles. The van der Waals surface area contributed by atoms with Crippen molar-refractivity contribution in [3.05, 3.63) is 57.5 Å². The third-order valence-electron chi connectivity index (χ3n) is 2.38. The Kier molecular flexibility index (Phi) is 2.86. The number of nitrogens with zero attached hydrogens (tertiary/aromatic N) is 3. The van der Waals surface area contributed by atoms with Gasteiger partial charge in [0.05, 0.1) is 23.9 Å². The number of hydrogen-bond acceptors (Lipinski definition) is 3. The van der Waals surface area contributed by atoms with Gasteiger partial charge in [0.15, 0.2) is 0 Å². The molecule has 0 saturated carbocycles. The van der Waals surface area contributed by atoms with Crippen molar-refractivity contribution in [1.29, 1.82) is 0 Å². The summed E-state index contributed by atoms with van der Waals surface area (Å²) in [6.07, 6.45) is 1.52. The zero-order valence-electron chi connectivity index (χ0n) is 9.13. The number of nitro groups is 1. The minimum absolute atomic E-state index is 0.191. The minimum atomic E-state index is -0.549. The van der Waals surface area contributed by atoms with E-state index >= 15 is 0 Å². The lowest BCUT2D eigenvalue weighted by Gasteiger charge is -2.01. The smallest absolute Gasteiger partial charge is 0.358 e. The van der Waals surface area contributed by atoms with Crippen molar-refractivity contribution < 1.29 is 9.31 Å². The number of hydrogen-bond donors (Lipinski definition) is 0. The maximum Gasteiger partial charge on any atom is 0.389 e. The van der Waals surface area contributed by atoms with E-state index in [0.717, 1.165) is 5.56 Å². The summed E-state index contributed by atoms with van der Waals surface area (Å²) in [5.74, 6) is -0.455. The molecule has 6 heteroatoms. The highest BCUT2D eigenvalue weighted by Crippen LogP contribution is 2.12. The van der Waals surface area contributed by atoms with Crippen LogP contribution in [0.5, 0.6) is 0 Å². The molecule has 2 aromatic rings. The maximum absolute atomic E-state index is 13.0. The Labute approximate surface area is 96.6 Å². The van der Waals surface area contributed by atoms with Crippen molar-refractivity contribution in [1.82, 2.24) is 9.78 Å². The van der Waals surface area contributed by atoms with Crippen LogP contribution in [-0.4, -0.2) is 14.7 Å². The molecule has 0 atom stereocenters. The summed E-state index contributed by atoms with van der Waals surface area (Å²) < 4.78 is 14.5. The van der Waals surface area contributed by atoms with E-state index in [1.165, 1.54) is 23.0 Å². The second-order valence-electron chi connectivity index (χ2n) is 3.71. The van der Waals surface area contributed by atoms with Crippen LogP contribution in [0.3, 0.4) is 0 Å². The van der Waals surface area contributed by atoms with Gasteiger partial charge in [-0.05, 0) is 29.0 Å². The lowest BCUT2D eigenvalue weighted by molar-refractivity contribution is -0.389. The molecule has 2 rings (SSSR count). The van der Waals surface area contributed by atoms with Crippen LogP contribution in [0.4, 0.5) is 10.2 Å². The van der Waals surface area contributed by atoms with E-state index in [1.807, 2.05) is 0 Å². The first-order valence-electron chi connectivity index (χ1n) is 4.99. The highest BCUT2D eigenvalue weighted by Gasteiger charge is 2.11. The minimum Gasteiger partial charge on any atom is -0.358 e. The zero-order valence-corrected chi connectivity index (χ0v) is 9.13. The molecule has 0 unspecified atom stereocenters. The number of aromatic nitrogens is 2. The topological polar surface area (TPSA) is 61.0 Å². The van der Waals surface area contributed by atoms with Crippen LogP contribution in [0.1, 0.15) is 11.1 Å².